The van der Waals surface area contributed by atoms with Crippen molar-refractivity contribution >= 4 is 34.9 Å². The van der Waals surface area contributed by atoms with Gasteiger partial charge in [-0.05, 0) is 86.9 Å². The van der Waals surface area contributed by atoms with Crippen molar-refractivity contribution in [3.63, 3.8) is 0 Å². The Balaban J connectivity index is 1.06. The molecular weight excluding hydrogens is 509 g/mol. The van der Waals surface area contributed by atoms with E-state index in [1.54, 1.807) is 30.6 Å². The third-order valence-electron chi connectivity index (χ3n) is 8.41. The first-order chi connectivity index (χ1) is 17.9. The fraction of sp³-hybridized carbons (Fsp3) is 0.571. The number of aliphatic hydroxyl groups is 1. The lowest BCUT2D eigenvalue weighted by molar-refractivity contribution is -0.0322. The van der Waals surface area contributed by atoms with Gasteiger partial charge in [-0.2, -0.15) is 0 Å². The number of urea groups is 1. The summed E-state index contributed by atoms with van der Waals surface area (Å²) in [5.74, 6) is 0.659. The molecule has 1 aromatic carbocycles. The van der Waals surface area contributed by atoms with E-state index in [-0.39, 0.29) is 6.03 Å². The third-order valence-corrected chi connectivity index (χ3v) is 9.15. The summed E-state index contributed by atoms with van der Waals surface area (Å²) in [6.45, 7) is 6.63. The number of nitrogens with zero attached hydrogens (tertiary/aromatic N) is 4. The Labute approximate surface area is 229 Å². The van der Waals surface area contributed by atoms with Crippen molar-refractivity contribution in [2.24, 2.45) is 5.92 Å². The van der Waals surface area contributed by atoms with Gasteiger partial charge in [0.15, 0.2) is 0 Å². The molecule has 1 atom stereocenters. The van der Waals surface area contributed by atoms with E-state index in [4.69, 9.17) is 23.2 Å². The van der Waals surface area contributed by atoms with Crippen LogP contribution in [0.4, 0.5) is 10.5 Å². The first kappa shape index (κ1) is 26.7. The van der Waals surface area contributed by atoms with Gasteiger partial charge in [-0.1, -0.05) is 23.2 Å². The third kappa shape index (κ3) is 6.58. The molecule has 3 heterocycles. The zero-order chi connectivity index (χ0) is 25.8. The van der Waals surface area contributed by atoms with E-state index >= 15 is 0 Å². The van der Waals surface area contributed by atoms with E-state index in [9.17, 15) is 9.90 Å². The lowest BCUT2D eigenvalue weighted by Crippen LogP contribution is -2.53. The number of pyridine rings is 1. The average molecular weight is 547 g/mol. The highest BCUT2D eigenvalue weighted by Crippen LogP contribution is 2.39. The van der Waals surface area contributed by atoms with Gasteiger partial charge in [0.2, 0.25) is 0 Å². The van der Waals surface area contributed by atoms with E-state index in [0.717, 1.165) is 77.1 Å². The Morgan fingerprint density at radius 1 is 1.00 bits per heavy atom. The summed E-state index contributed by atoms with van der Waals surface area (Å²) in [5, 5.41) is 15.0. The van der Waals surface area contributed by atoms with Gasteiger partial charge >= 0.3 is 6.03 Å². The van der Waals surface area contributed by atoms with Crippen molar-refractivity contribution in [3.8, 4) is 0 Å². The lowest BCUT2D eigenvalue weighted by atomic mass is 9.77. The Morgan fingerprint density at radius 2 is 1.73 bits per heavy atom. The van der Waals surface area contributed by atoms with Gasteiger partial charge in [0.1, 0.15) is 0 Å². The van der Waals surface area contributed by atoms with E-state index in [0.29, 0.717) is 27.7 Å². The van der Waals surface area contributed by atoms with Crippen LogP contribution in [0.3, 0.4) is 0 Å². The summed E-state index contributed by atoms with van der Waals surface area (Å²) in [4.78, 5) is 23.9. The quantitative estimate of drug-likeness (QED) is 0.548. The minimum Gasteiger partial charge on any atom is -0.385 e. The molecule has 0 unspecified atom stereocenters. The predicted octanol–water partition coefficient (Wildman–Crippen LogP) is 5.08. The van der Waals surface area contributed by atoms with Gasteiger partial charge in [0.25, 0.3) is 0 Å². The molecule has 200 valence electrons. The summed E-state index contributed by atoms with van der Waals surface area (Å²) in [7, 11) is 0. The molecule has 0 spiro atoms. The minimum atomic E-state index is -0.708. The van der Waals surface area contributed by atoms with Crippen LogP contribution in [-0.4, -0.2) is 82.7 Å². The van der Waals surface area contributed by atoms with E-state index in [1.165, 1.54) is 12.8 Å². The average Bonchev–Trinajstić information content (AvgIpc) is 2.92. The van der Waals surface area contributed by atoms with Crippen LogP contribution < -0.4 is 5.32 Å². The number of carbonyl (C=O) groups is 1. The monoisotopic (exact) mass is 545 g/mol. The van der Waals surface area contributed by atoms with Gasteiger partial charge in [-0.3, -0.25) is 9.88 Å². The fourth-order valence-corrected chi connectivity index (χ4v) is 6.55. The van der Waals surface area contributed by atoms with E-state index in [2.05, 4.69) is 20.1 Å². The molecule has 9 heteroatoms. The van der Waals surface area contributed by atoms with Crippen LogP contribution in [0, 0.1) is 5.92 Å². The van der Waals surface area contributed by atoms with Crippen molar-refractivity contribution in [1.29, 1.82) is 0 Å². The van der Waals surface area contributed by atoms with E-state index < -0.39 is 5.60 Å². The molecule has 37 heavy (non-hydrogen) atoms. The molecule has 2 aromatic rings. The standard InChI is InChI=1S/C28H37Cl2N5O2/c29-25-4-3-23(18-26(25)30)32-27(36)34-16-14-33(15-17-34)19-21-2-1-13-35(20-21)24-5-9-28(37,10-6-24)22-7-11-31-12-8-22/h3-4,7-8,11-12,18,21,24,37H,1-2,5-6,9-10,13-17,19-20H2,(H,32,36)/t21-,24?,28?/m0/s1. The zero-order valence-electron chi connectivity index (χ0n) is 21.3. The summed E-state index contributed by atoms with van der Waals surface area (Å²) >= 11 is 12.0. The van der Waals surface area contributed by atoms with Crippen molar-refractivity contribution in [3.05, 3.63) is 58.3 Å². The molecule has 7 nitrogen and oxygen atoms in total. The van der Waals surface area contributed by atoms with Crippen molar-refractivity contribution < 1.29 is 9.90 Å². The highest BCUT2D eigenvalue weighted by atomic mass is 35.5. The Hall–Kier alpha value is -1.90. The number of piperazine rings is 1. The van der Waals surface area contributed by atoms with Crippen LogP contribution in [0.1, 0.15) is 44.1 Å². The number of hydrogen-bond donors (Lipinski definition) is 2. The van der Waals surface area contributed by atoms with Gasteiger partial charge < -0.3 is 20.2 Å². The predicted molar refractivity (Wildman–Crippen MR) is 148 cm³/mol. The normalized spacial score (nSPS) is 27.7. The lowest BCUT2D eigenvalue weighted by Gasteiger charge is -2.45. The summed E-state index contributed by atoms with van der Waals surface area (Å²) < 4.78 is 0. The Kier molecular flexibility index (Phi) is 8.57. The number of amides is 2. The largest absolute Gasteiger partial charge is 0.385 e. The second-order valence-electron chi connectivity index (χ2n) is 10.8. The van der Waals surface area contributed by atoms with Crippen molar-refractivity contribution in [2.75, 3.05) is 51.1 Å². The molecule has 1 saturated carbocycles. The molecule has 2 N–H and O–H groups in total. The second-order valence-corrected chi connectivity index (χ2v) is 11.7. The molecule has 2 saturated heterocycles. The molecule has 2 aliphatic heterocycles. The first-order valence-corrected chi connectivity index (χ1v) is 14.3. The number of benzene rings is 1. The molecular formula is C28H37Cl2N5O2. The number of likely N-dealkylation sites (tertiary alicyclic amines) is 1. The molecule has 0 bridgehead atoms. The van der Waals surface area contributed by atoms with Crippen LogP contribution in [0.2, 0.25) is 10.0 Å². The van der Waals surface area contributed by atoms with E-state index in [1.807, 2.05) is 17.0 Å². The number of hydrogen-bond acceptors (Lipinski definition) is 5. The van der Waals surface area contributed by atoms with Crippen LogP contribution in [0.5, 0.6) is 0 Å². The van der Waals surface area contributed by atoms with Crippen LogP contribution >= 0.6 is 23.2 Å². The molecule has 0 radical (unpaired) electrons. The number of aromatic nitrogens is 1. The maximum Gasteiger partial charge on any atom is 0.321 e. The number of carbonyl (C=O) groups excluding carboxylic acids is 1. The number of rotatable bonds is 5. The Bertz CT molecular complexity index is 1060. The van der Waals surface area contributed by atoms with Crippen molar-refractivity contribution in [2.45, 2.75) is 50.2 Å². The number of piperidine rings is 1. The molecule has 2 amide bonds. The second kappa shape index (κ2) is 11.9. The van der Waals surface area contributed by atoms with Gasteiger partial charge in [0, 0.05) is 63.4 Å². The van der Waals surface area contributed by atoms with Crippen molar-refractivity contribution in [1.82, 2.24) is 19.7 Å². The Morgan fingerprint density at radius 3 is 2.43 bits per heavy atom. The topological polar surface area (TPSA) is 71.9 Å². The highest BCUT2D eigenvalue weighted by molar-refractivity contribution is 6.42. The first-order valence-electron chi connectivity index (χ1n) is 13.5. The SMILES string of the molecule is O=C(Nc1ccc(Cl)c(Cl)c1)N1CCN(C[C@@H]2CCCN(C3CCC(O)(c4ccncc4)CC3)C2)CC1. The number of nitrogens with one attached hydrogen (secondary N) is 1. The molecule has 3 aliphatic rings. The van der Waals surface area contributed by atoms with Crippen LogP contribution in [-0.2, 0) is 5.60 Å². The number of anilines is 1. The molecule has 5 rings (SSSR count). The summed E-state index contributed by atoms with van der Waals surface area (Å²) in [6, 6.07) is 9.52. The zero-order valence-corrected chi connectivity index (χ0v) is 22.8. The highest BCUT2D eigenvalue weighted by Gasteiger charge is 2.38. The summed E-state index contributed by atoms with van der Waals surface area (Å²) in [5.41, 5.74) is 0.953. The van der Waals surface area contributed by atoms with Gasteiger partial charge in [-0.25, -0.2) is 4.79 Å². The van der Waals surface area contributed by atoms with Crippen LogP contribution in [0.15, 0.2) is 42.7 Å². The molecule has 1 aromatic heterocycles. The summed E-state index contributed by atoms with van der Waals surface area (Å²) in [6.07, 6.45) is 9.76. The van der Waals surface area contributed by atoms with Gasteiger partial charge in [0.05, 0.1) is 15.6 Å². The maximum atomic E-state index is 12.7. The fourth-order valence-electron chi connectivity index (χ4n) is 6.25. The minimum absolute atomic E-state index is 0.0918. The van der Waals surface area contributed by atoms with Gasteiger partial charge in [-0.15, -0.1) is 0 Å². The molecule has 3 fully saturated rings. The smallest absolute Gasteiger partial charge is 0.321 e. The molecule has 1 aliphatic carbocycles. The number of halogens is 2. The van der Waals surface area contributed by atoms with Crippen LogP contribution in [0.25, 0.3) is 0 Å². The maximum absolute atomic E-state index is 12.7.